The normalized spacial score (nSPS) is 10.6. The van der Waals surface area contributed by atoms with Crippen LogP contribution in [-0.4, -0.2) is 27.6 Å². The van der Waals surface area contributed by atoms with E-state index in [0.29, 0.717) is 13.0 Å². The van der Waals surface area contributed by atoms with Gasteiger partial charge < -0.3 is 9.15 Å². The number of unbranched alkanes of at least 4 members (excludes halogenated alkanes) is 1. The number of furan rings is 1. The fourth-order valence-corrected chi connectivity index (χ4v) is 3.26. The summed E-state index contributed by atoms with van der Waals surface area (Å²) in [5.41, 5.74) is 0.933. The number of ether oxygens (including phenoxy) is 1. The van der Waals surface area contributed by atoms with E-state index in [2.05, 4.69) is 16.3 Å². The van der Waals surface area contributed by atoms with Crippen molar-refractivity contribution in [2.45, 2.75) is 24.5 Å². The summed E-state index contributed by atoms with van der Waals surface area (Å²) in [7, 11) is 1.64. The van der Waals surface area contributed by atoms with Gasteiger partial charge in [-0.15, -0.1) is 10.2 Å². The lowest BCUT2D eigenvalue weighted by atomic mass is 10.2. The molecule has 0 aliphatic heterocycles. The van der Waals surface area contributed by atoms with E-state index >= 15 is 0 Å². The molecule has 0 N–H and O–H groups in total. The quantitative estimate of drug-likeness (QED) is 0.450. The lowest BCUT2D eigenvalue weighted by Crippen LogP contribution is -2.03. The van der Waals surface area contributed by atoms with Crippen molar-refractivity contribution in [1.29, 1.82) is 5.26 Å². The fourth-order valence-electron chi connectivity index (χ4n) is 2.39. The molecule has 25 heavy (non-hydrogen) atoms. The number of aromatic nitrogens is 3. The van der Waals surface area contributed by atoms with E-state index in [4.69, 9.17) is 14.4 Å². The molecule has 0 radical (unpaired) electrons. The molecule has 6 nitrogen and oxygen atoms in total. The van der Waals surface area contributed by atoms with Crippen molar-refractivity contribution >= 4 is 11.8 Å². The summed E-state index contributed by atoms with van der Waals surface area (Å²) in [5, 5.41) is 18.2. The number of nitriles is 1. The van der Waals surface area contributed by atoms with Crippen LogP contribution < -0.4 is 4.74 Å². The number of methoxy groups -OCH3 is 1. The minimum absolute atomic E-state index is 0.544. The van der Waals surface area contributed by atoms with Crippen LogP contribution in [0.3, 0.4) is 0 Å². The molecule has 128 valence electrons. The zero-order chi connectivity index (χ0) is 17.5. The molecular formula is C18H18N4O2S. The molecule has 0 fully saturated rings. The number of benzene rings is 1. The van der Waals surface area contributed by atoms with Crippen molar-refractivity contribution in [3.05, 3.63) is 48.4 Å². The van der Waals surface area contributed by atoms with Crippen LogP contribution in [-0.2, 0) is 6.54 Å². The molecule has 2 aromatic heterocycles. The second kappa shape index (κ2) is 8.40. The Balaban J connectivity index is 1.91. The Morgan fingerprint density at radius 3 is 2.96 bits per heavy atom. The van der Waals surface area contributed by atoms with E-state index in [-0.39, 0.29) is 0 Å². The van der Waals surface area contributed by atoms with E-state index in [0.717, 1.165) is 40.2 Å². The van der Waals surface area contributed by atoms with Crippen LogP contribution in [0, 0.1) is 11.3 Å². The molecule has 0 unspecified atom stereocenters. The zero-order valence-electron chi connectivity index (χ0n) is 13.9. The average molecular weight is 354 g/mol. The summed E-state index contributed by atoms with van der Waals surface area (Å²) in [4.78, 5) is 0. The van der Waals surface area contributed by atoms with Gasteiger partial charge in [-0.1, -0.05) is 23.9 Å². The third kappa shape index (κ3) is 4.22. The Bertz CT molecular complexity index is 852. The lowest BCUT2D eigenvalue weighted by molar-refractivity contribution is 0.415. The largest absolute Gasteiger partial charge is 0.497 e. The third-order valence-corrected chi connectivity index (χ3v) is 4.66. The van der Waals surface area contributed by atoms with Gasteiger partial charge in [-0.3, -0.25) is 4.57 Å². The number of hydrogen-bond acceptors (Lipinski definition) is 6. The lowest BCUT2D eigenvalue weighted by Gasteiger charge is -2.09. The van der Waals surface area contributed by atoms with Gasteiger partial charge >= 0.3 is 0 Å². The summed E-state index contributed by atoms with van der Waals surface area (Å²) >= 11 is 1.60. The molecule has 0 saturated heterocycles. The maximum absolute atomic E-state index is 8.67. The zero-order valence-corrected chi connectivity index (χ0v) is 14.7. The molecule has 0 aliphatic carbocycles. The molecule has 0 atom stereocenters. The van der Waals surface area contributed by atoms with Crippen molar-refractivity contribution in [2.75, 3.05) is 12.9 Å². The Hall–Kier alpha value is -2.72. The van der Waals surface area contributed by atoms with Crippen molar-refractivity contribution in [1.82, 2.24) is 14.8 Å². The minimum Gasteiger partial charge on any atom is -0.497 e. The number of hydrogen-bond donors (Lipinski definition) is 0. The van der Waals surface area contributed by atoms with Gasteiger partial charge in [-0.25, -0.2) is 0 Å². The van der Waals surface area contributed by atoms with E-state index in [1.54, 1.807) is 25.1 Å². The Morgan fingerprint density at radius 1 is 1.28 bits per heavy atom. The van der Waals surface area contributed by atoms with Crippen molar-refractivity contribution < 1.29 is 9.15 Å². The fraction of sp³-hybridized carbons (Fsp3) is 0.278. The summed E-state index contributed by atoms with van der Waals surface area (Å²) in [6.45, 7) is 0.549. The van der Waals surface area contributed by atoms with Gasteiger partial charge in [0.2, 0.25) is 0 Å². The third-order valence-electron chi connectivity index (χ3n) is 3.60. The van der Waals surface area contributed by atoms with Gasteiger partial charge in [0.25, 0.3) is 0 Å². The molecule has 0 aliphatic rings. The predicted octanol–water partition coefficient (Wildman–Crippen LogP) is 3.99. The highest BCUT2D eigenvalue weighted by atomic mass is 32.2. The summed E-state index contributed by atoms with van der Waals surface area (Å²) in [6, 6.07) is 13.7. The molecule has 0 saturated carbocycles. The molecule has 1 aromatic carbocycles. The van der Waals surface area contributed by atoms with Crippen LogP contribution in [0.5, 0.6) is 5.75 Å². The molecule has 7 heteroatoms. The van der Waals surface area contributed by atoms with E-state index in [9.17, 15) is 0 Å². The van der Waals surface area contributed by atoms with Crippen molar-refractivity contribution in [2.24, 2.45) is 0 Å². The van der Waals surface area contributed by atoms with Crippen LogP contribution in [0.1, 0.15) is 18.6 Å². The molecule has 0 spiro atoms. The first kappa shape index (κ1) is 17.1. The minimum atomic E-state index is 0.544. The molecule has 3 rings (SSSR count). The monoisotopic (exact) mass is 354 g/mol. The van der Waals surface area contributed by atoms with Gasteiger partial charge in [0, 0.05) is 17.7 Å². The number of thioether (sulfide) groups is 1. The highest BCUT2D eigenvalue weighted by Gasteiger charge is 2.16. The second-order valence-corrected chi connectivity index (χ2v) is 6.38. The maximum atomic E-state index is 8.67. The van der Waals surface area contributed by atoms with Crippen LogP contribution in [0.25, 0.3) is 11.4 Å². The molecule has 2 heterocycles. The summed E-state index contributed by atoms with van der Waals surface area (Å²) < 4.78 is 12.8. The SMILES string of the molecule is COc1cccc(-c2nnc(SCCCC#N)n2Cc2ccco2)c1. The summed E-state index contributed by atoms with van der Waals surface area (Å²) in [6.07, 6.45) is 3.02. The Morgan fingerprint density at radius 2 is 2.20 bits per heavy atom. The standard InChI is InChI=1S/C18H18N4O2S/c1-23-15-7-4-6-14(12-15)17-20-21-18(25-11-3-2-9-19)22(17)13-16-8-5-10-24-16/h4-8,10,12H,2-3,11,13H2,1H3. The first-order valence-electron chi connectivity index (χ1n) is 7.91. The Kier molecular flexibility index (Phi) is 5.75. The first-order chi connectivity index (χ1) is 12.3. The van der Waals surface area contributed by atoms with Gasteiger partial charge in [0.15, 0.2) is 11.0 Å². The van der Waals surface area contributed by atoms with Crippen molar-refractivity contribution in [3.63, 3.8) is 0 Å². The highest BCUT2D eigenvalue weighted by molar-refractivity contribution is 7.99. The van der Waals surface area contributed by atoms with Crippen LogP contribution in [0.2, 0.25) is 0 Å². The van der Waals surface area contributed by atoms with Gasteiger partial charge in [0.1, 0.15) is 11.5 Å². The van der Waals surface area contributed by atoms with Gasteiger partial charge in [-0.05, 0) is 30.7 Å². The summed E-state index contributed by atoms with van der Waals surface area (Å²) in [5.74, 6) is 3.19. The smallest absolute Gasteiger partial charge is 0.191 e. The van der Waals surface area contributed by atoms with Crippen LogP contribution >= 0.6 is 11.8 Å². The van der Waals surface area contributed by atoms with E-state index in [1.165, 1.54) is 0 Å². The molecule has 3 aromatic rings. The number of rotatable bonds is 8. The molecule has 0 bridgehead atoms. The van der Waals surface area contributed by atoms with Crippen LogP contribution in [0.15, 0.2) is 52.2 Å². The number of nitrogens with zero attached hydrogens (tertiary/aromatic N) is 4. The van der Waals surface area contributed by atoms with Crippen LogP contribution in [0.4, 0.5) is 0 Å². The van der Waals surface area contributed by atoms with Gasteiger partial charge in [-0.2, -0.15) is 5.26 Å². The highest BCUT2D eigenvalue weighted by Crippen LogP contribution is 2.28. The predicted molar refractivity (Wildman–Crippen MR) is 95.4 cm³/mol. The van der Waals surface area contributed by atoms with Crippen molar-refractivity contribution in [3.8, 4) is 23.2 Å². The second-order valence-electron chi connectivity index (χ2n) is 5.31. The average Bonchev–Trinajstić information content (AvgIpc) is 3.29. The first-order valence-corrected chi connectivity index (χ1v) is 8.90. The van der Waals surface area contributed by atoms with Gasteiger partial charge in [0.05, 0.1) is 26.0 Å². The maximum Gasteiger partial charge on any atom is 0.191 e. The van der Waals surface area contributed by atoms with E-state index in [1.807, 2.05) is 41.0 Å². The van der Waals surface area contributed by atoms with E-state index < -0.39 is 0 Å². The topological polar surface area (TPSA) is 76.9 Å². The molecule has 0 amide bonds. The molecular weight excluding hydrogens is 336 g/mol. The Labute approximate surface area is 150 Å².